The van der Waals surface area contributed by atoms with Crippen molar-refractivity contribution in [3.05, 3.63) is 47.9 Å². The van der Waals surface area contributed by atoms with E-state index < -0.39 is 0 Å². The van der Waals surface area contributed by atoms with Crippen molar-refractivity contribution in [2.24, 2.45) is 0 Å². The molecule has 0 spiro atoms. The average Bonchev–Trinajstić information content (AvgIpc) is 2.92. The highest BCUT2D eigenvalue weighted by Gasteiger charge is 2.10. The summed E-state index contributed by atoms with van der Waals surface area (Å²) in [5.74, 6) is 0.871. The fourth-order valence-corrected chi connectivity index (χ4v) is 3.23. The Morgan fingerprint density at radius 3 is 2.95 bits per heavy atom. The fourth-order valence-electron chi connectivity index (χ4n) is 2.16. The van der Waals surface area contributed by atoms with Crippen LogP contribution in [0.25, 0.3) is 5.65 Å². The Morgan fingerprint density at radius 1 is 1.29 bits per heavy atom. The van der Waals surface area contributed by atoms with E-state index in [1.165, 1.54) is 16.0 Å². The Labute approximate surface area is 128 Å². The van der Waals surface area contributed by atoms with Crippen molar-refractivity contribution >= 4 is 23.2 Å². The molecule has 21 heavy (non-hydrogen) atoms. The van der Waals surface area contributed by atoms with Crippen LogP contribution in [0.1, 0.15) is 18.1 Å². The molecule has 0 unspecified atom stereocenters. The van der Waals surface area contributed by atoms with Gasteiger partial charge in [0.25, 0.3) is 0 Å². The van der Waals surface area contributed by atoms with Gasteiger partial charge in [-0.15, -0.1) is 0 Å². The van der Waals surface area contributed by atoms with Crippen molar-refractivity contribution in [3.8, 4) is 0 Å². The van der Waals surface area contributed by atoms with E-state index in [-0.39, 0.29) is 0 Å². The molecule has 0 amide bonds. The van der Waals surface area contributed by atoms with E-state index in [0.717, 1.165) is 23.0 Å². The lowest BCUT2D eigenvalue weighted by molar-refractivity contribution is 1.01. The first-order valence-electron chi connectivity index (χ1n) is 7.00. The maximum Gasteiger partial charge on any atom is 0.170 e. The Hall–Kier alpha value is -2.01. The molecule has 0 aliphatic rings. The molecule has 0 fully saturated rings. The fraction of sp³-hybridized carbons (Fsp3) is 0.250. The number of rotatable bonds is 4. The Morgan fingerprint density at radius 2 is 2.14 bits per heavy atom. The second kappa shape index (κ2) is 5.77. The molecular formula is C16H18N4S. The normalized spacial score (nSPS) is 11.0. The van der Waals surface area contributed by atoms with E-state index in [0.29, 0.717) is 0 Å². The molecule has 4 nitrogen and oxygen atoms in total. The molecule has 0 saturated carbocycles. The summed E-state index contributed by atoms with van der Waals surface area (Å²) in [6.45, 7) is 7.15. The summed E-state index contributed by atoms with van der Waals surface area (Å²) in [5, 5.41) is 4.19. The molecule has 2 heterocycles. The van der Waals surface area contributed by atoms with Gasteiger partial charge in [0.2, 0.25) is 0 Å². The highest BCUT2D eigenvalue weighted by molar-refractivity contribution is 7.99. The predicted molar refractivity (Wildman–Crippen MR) is 87.2 cm³/mol. The van der Waals surface area contributed by atoms with Crippen LogP contribution in [-0.2, 0) is 0 Å². The van der Waals surface area contributed by atoms with E-state index >= 15 is 0 Å². The SMILES string of the molecule is CCNc1cn2ccnc2c(Sc2cc(C)ccc2C)n1. The van der Waals surface area contributed by atoms with Gasteiger partial charge in [-0.2, -0.15) is 0 Å². The van der Waals surface area contributed by atoms with Gasteiger partial charge in [-0.05, 0) is 38.0 Å². The predicted octanol–water partition coefficient (Wildman–Crippen LogP) is 3.93. The smallest absolute Gasteiger partial charge is 0.170 e. The number of nitrogens with one attached hydrogen (secondary N) is 1. The van der Waals surface area contributed by atoms with Crippen LogP contribution in [0.5, 0.6) is 0 Å². The zero-order valence-corrected chi connectivity index (χ0v) is 13.2. The summed E-state index contributed by atoms with van der Waals surface area (Å²) >= 11 is 1.67. The van der Waals surface area contributed by atoms with E-state index in [4.69, 9.17) is 4.98 Å². The second-order valence-electron chi connectivity index (χ2n) is 4.99. The number of hydrogen-bond donors (Lipinski definition) is 1. The highest BCUT2D eigenvalue weighted by Crippen LogP contribution is 2.32. The van der Waals surface area contributed by atoms with Crippen molar-refractivity contribution in [1.82, 2.24) is 14.4 Å². The van der Waals surface area contributed by atoms with Gasteiger partial charge >= 0.3 is 0 Å². The molecule has 5 heteroatoms. The lowest BCUT2D eigenvalue weighted by Crippen LogP contribution is -2.02. The summed E-state index contributed by atoms with van der Waals surface area (Å²) in [6, 6.07) is 6.47. The molecule has 0 radical (unpaired) electrons. The quantitative estimate of drug-likeness (QED) is 0.792. The summed E-state index contributed by atoms with van der Waals surface area (Å²) < 4.78 is 2.01. The summed E-state index contributed by atoms with van der Waals surface area (Å²) in [4.78, 5) is 10.3. The number of fused-ring (bicyclic) bond motifs is 1. The van der Waals surface area contributed by atoms with Crippen LogP contribution in [0, 0.1) is 13.8 Å². The van der Waals surface area contributed by atoms with Crippen LogP contribution >= 0.6 is 11.8 Å². The number of nitrogens with zero attached hydrogens (tertiary/aromatic N) is 3. The largest absolute Gasteiger partial charge is 0.369 e. The zero-order valence-electron chi connectivity index (χ0n) is 12.4. The van der Waals surface area contributed by atoms with Crippen molar-refractivity contribution in [2.45, 2.75) is 30.7 Å². The van der Waals surface area contributed by atoms with Gasteiger partial charge in [0.05, 0.1) is 6.20 Å². The molecule has 0 aliphatic heterocycles. The molecule has 0 saturated heterocycles. The van der Waals surface area contributed by atoms with E-state index in [9.17, 15) is 0 Å². The van der Waals surface area contributed by atoms with Crippen molar-refractivity contribution in [1.29, 1.82) is 0 Å². The van der Waals surface area contributed by atoms with Gasteiger partial charge in [0, 0.05) is 23.8 Å². The zero-order chi connectivity index (χ0) is 14.8. The van der Waals surface area contributed by atoms with Gasteiger partial charge in [0.1, 0.15) is 10.8 Å². The van der Waals surface area contributed by atoms with Crippen LogP contribution in [-0.4, -0.2) is 20.9 Å². The van der Waals surface area contributed by atoms with Crippen molar-refractivity contribution < 1.29 is 0 Å². The van der Waals surface area contributed by atoms with Gasteiger partial charge in [-0.3, -0.25) is 0 Å². The van der Waals surface area contributed by atoms with Crippen LogP contribution in [0.3, 0.4) is 0 Å². The number of aromatic nitrogens is 3. The Balaban J connectivity index is 2.06. The van der Waals surface area contributed by atoms with Gasteiger partial charge < -0.3 is 9.72 Å². The number of anilines is 1. The van der Waals surface area contributed by atoms with E-state index in [1.54, 1.807) is 18.0 Å². The minimum Gasteiger partial charge on any atom is -0.369 e. The molecule has 0 aliphatic carbocycles. The third-order valence-corrected chi connectivity index (χ3v) is 4.38. The first kappa shape index (κ1) is 13.9. The topological polar surface area (TPSA) is 42.2 Å². The summed E-state index contributed by atoms with van der Waals surface area (Å²) in [6.07, 6.45) is 5.73. The molecular weight excluding hydrogens is 280 g/mol. The molecule has 3 aromatic rings. The van der Waals surface area contributed by atoms with E-state index in [2.05, 4.69) is 49.3 Å². The first-order chi connectivity index (χ1) is 10.2. The molecule has 0 bridgehead atoms. The molecule has 1 N–H and O–H groups in total. The molecule has 2 aromatic heterocycles. The van der Waals surface area contributed by atoms with Gasteiger partial charge in [0.15, 0.2) is 5.65 Å². The molecule has 0 atom stereocenters. The Kier molecular flexibility index (Phi) is 3.84. The lowest BCUT2D eigenvalue weighted by atomic mass is 10.2. The number of benzene rings is 1. The molecule has 3 rings (SSSR count). The maximum absolute atomic E-state index is 4.70. The minimum absolute atomic E-state index is 0.848. The van der Waals surface area contributed by atoms with Crippen LogP contribution in [0.2, 0.25) is 0 Å². The summed E-state index contributed by atoms with van der Waals surface area (Å²) in [5.41, 5.74) is 3.40. The van der Waals surface area contributed by atoms with E-state index in [1.807, 2.05) is 16.8 Å². The third kappa shape index (κ3) is 2.88. The van der Waals surface area contributed by atoms with Crippen LogP contribution in [0.4, 0.5) is 5.82 Å². The number of imidazole rings is 1. The highest BCUT2D eigenvalue weighted by atomic mass is 32.2. The number of aryl methyl sites for hydroxylation is 2. The molecule has 108 valence electrons. The second-order valence-corrected chi connectivity index (χ2v) is 6.02. The van der Waals surface area contributed by atoms with Gasteiger partial charge in [-0.25, -0.2) is 9.97 Å². The van der Waals surface area contributed by atoms with Crippen molar-refractivity contribution in [3.63, 3.8) is 0 Å². The standard InChI is InChI=1S/C16H18N4S/c1-4-17-14-10-20-8-7-18-15(20)16(19-14)21-13-9-11(2)5-6-12(13)3/h5-10,17H,4H2,1-3H3. The lowest BCUT2D eigenvalue weighted by Gasteiger charge is -2.10. The molecule has 1 aromatic carbocycles. The third-order valence-electron chi connectivity index (χ3n) is 3.25. The minimum atomic E-state index is 0.848. The van der Waals surface area contributed by atoms with Gasteiger partial charge in [-0.1, -0.05) is 23.9 Å². The average molecular weight is 298 g/mol. The summed E-state index contributed by atoms with van der Waals surface area (Å²) in [7, 11) is 0. The van der Waals surface area contributed by atoms with Crippen LogP contribution in [0.15, 0.2) is 46.7 Å². The van der Waals surface area contributed by atoms with Crippen molar-refractivity contribution in [2.75, 3.05) is 11.9 Å². The number of hydrogen-bond acceptors (Lipinski definition) is 4. The first-order valence-corrected chi connectivity index (χ1v) is 7.81. The van der Waals surface area contributed by atoms with Crippen LogP contribution < -0.4 is 5.32 Å². The monoisotopic (exact) mass is 298 g/mol. The maximum atomic E-state index is 4.70. The Bertz CT molecular complexity index is 779.